The average Bonchev–Trinajstić information content (AvgIpc) is 3.23. The van der Waals surface area contributed by atoms with Gasteiger partial charge in [-0.3, -0.25) is 4.98 Å². The first-order chi connectivity index (χ1) is 8.77. The molecule has 1 aromatic heterocycles. The number of aromatic nitrogens is 1. The number of unbranched alkanes of at least 4 members (excludes halogenated alkanes) is 1. The maximum atomic E-state index is 8.83. The first kappa shape index (κ1) is 12.7. The van der Waals surface area contributed by atoms with Gasteiger partial charge in [0.25, 0.3) is 0 Å². The van der Waals surface area contributed by atoms with E-state index in [-0.39, 0.29) is 5.84 Å². The molecular formula is C13H20N4O. The number of oxime groups is 1. The van der Waals surface area contributed by atoms with E-state index in [0.29, 0.717) is 11.7 Å². The number of hydrogen-bond donors (Lipinski definition) is 2. The molecule has 0 saturated heterocycles. The highest BCUT2D eigenvalue weighted by Crippen LogP contribution is 2.33. The molecule has 3 N–H and O–H groups in total. The topological polar surface area (TPSA) is 74.7 Å². The van der Waals surface area contributed by atoms with Crippen molar-refractivity contribution in [1.82, 2.24) is 4.98 Å². The minimum Gasteiger partial charge on any atom is -0.409 e. The van der Waals surface area contributed by atoms with Crippen LogP contribution in [0.2, 0.25) is 0 Å². The van der Waals surface area contributed by atoms with Crippen LogP contribution in [0.1, 0.15) is 38.3 Å². The Labute approximate surface area is 107 Å². The smallest absolute Gasteiger partial charge is 0.190 e. The minimum absolute atomic E-state index is 0.0766. The zero-order chi connectivity index (χ0) is 13.0. The fraction of sp³-hybridized carbons (Fsp3) is 0.538. The Morgan fingerprint density at radius 2 is 2.39 bits per heavy atom. The molecule has 2 rings (SSSR count). The van der Waals surface area contributed by atoms with Crippen LogP contribution in [0.25, 0.3) is 0 Å². The molecule has 18 heavy (non-hydrogen) atoms. The molecule has 98 valence electrons. The molecule has 0 atom stereocenters. The Kier molecular flexibility index (Phi) is 4.02. The van der Waals surface area contributed by atoms with Crippen molar-refractivity contribution in [3.63, 3.8) is 0 Å². The van der Waals surface area contributed by atoms with Gasteiger partial charge in [0.05, 0.1) is 5.69 Å². The summed E-state index contributed by atoms with van der Waals surface area (Å²) in [5.74, 6) is 0.0766. The van der Waals surface area contributed by atoms with Gasteiger partial charge >= 0.3 is 0 Å². The second kappa shape index (κ2) is 5.71. The normalized spacial score (nSPS) is 15.7. The zero-order valence-corrected chi connectivity index (χ0v) is 10.7. The fourth-order valence-corrected chi connectivity index (χ4v) is 2.09. The molecule has 1 aromatic rings. The van der Waals surface area contributed by atoms with Gasteiger partial charge in [0.15, 0.2) is 5.84 Å². The average molecular weight is 248 g/mol. The molecule has 0 spiro atoms. The Hall–Kier alpha value is -1.78. The molecule has 1 heterocycles. The van der Waals surface area contributed by atoms with Crippen LogP contribution in [0.15, 0.2) is 23.5 Å². The second-order valence-electron chi connectivity index (χ2n) is 4.63. The lowest BCUT2D eigenvalue weighted by molar-refractivity contribution is 0.318. The van der Waals surface area contributed by atoms with E-state index in [1.807, 2.05) is 12.1 Å². The molecule has 0 radical (unpaired) electrons. The molecule has 0 unspecified atom stereocenters. The van der Waals surface area contributed by atoms with E-state index in [1.165, 1.54) is 12.8 Å². The van der Waals surface area contributed by atoms with E-state index in [0.717, 1.165) is 25.1 Å². The molecule has 1 saturated carbocycles. The number of rotatable bonds is 6. The van der Waals surface area contributed by atoms with Crippen molar-refractivity contribution >= 4 is 11.5 Å². The predicted molar refractivity (Wildman–Crippen MR) is 72.0 cm³/mol. The van der Waals surface area contributed by atoms with Gasteiger partial charge < -0.3 is 15.8 Å². The monoisotopic (exact) mass is 248 g/mol. The summed E-state index contributed by atoms with van der Waals surface area (Å²) < 4.78 is 0. The van der Waals surface area contributed by atoms with Crippen LogP contribution in [-0.4, -0.2) is 28.6 Å². The predicted octanol–water partition coefficient (Wildman–Crippen LogP) is 1.95. The Morgan fingerprint density at radius 3 is 3.00 bits per heavy atom. The SMILES string of the molecule is CCCCN(c1cccnc1/C(N)=N/O)C1CC1. The van der Waals surface area contributed by atoms with Crippen molar-refractivity contribution in [2.75, 3.05) is 11.4 Å². The summed E-state index contributed by atoms with van der Waals surface area (Å²) >= 11 is 0. The summed E-state index contributed by atoms with van der Waals surface area (Å²) in [5.41, 5.74) is 7.24. The molecule has 5 heteroatoms. The zero-order valence-electron chi connectivity index (χ0n) is 10.7. The highest BCUT2D eigenvalue weighted by atomic mass is 16.4. The van der Waals surface area contributed by atoms with Crippen molar-refractivity contribution in [3.05, 3.63) is 24.0 Å². The fourth-order valence-electron chi connectivity index (χ4n) is 2.09. The summed E-state index contributed by atoms with van der Waals surface area (Å²) in [6.07, 6.45) is 6.40. The van der Waals surface area contributed by atoms with Crippen molar-refractivity contribution < 1.29 is 5.21 Å². The van der Waals surface area contributed by atoms with Crippen molar-refractivity contribution in [2.24, 2.45) is 10.9 Å². The van der Waals surface area contributed by atoms with Gasteiger partial charge in [-0.1, -0.05) is 18.5 Å². The third-order valence-electron chi connectivity index (χ3n) is 3.19. The van der Waals surface area contributed by atoms with Crippen LogP contribution >= 0.6 is 0 Å². The Morgan fingerprint density at radius 1 is 1.61 bits per heavy atom. The van der Waals surface area contributed by atoms with Crippen molar-refractivity contribution in [2.45, 2.75) is 38.6 Å². The Bertz CT molecular complexity index is 429. The largest absolute Gasteiger partial charge is 0.409 e. The van der Waals surface area contributed by atoms with E-state index < -0.39 is 0 Å². The standard InChI is InChI=1S/C13H20N4O/c1-2-3-9-17(10-6-7-10)11-5-4-8-15-12(11)13(14)16-18/h4-5,8,10,18H,2-3,6-7,9H2,1H3,(H2,14,16). The van der Waals surface area contributed by atoms with E-state index in [4.69, 9.17) is 10.9 Å². The highest BCUT2D eigenvalue weighted by molar-refractivity contribution is 6.00. The van der Waals surface area contributed by atoms with Crippen LogP contribution in [-0.2, 0) is 0 Å². The maximum absolute atomic E-state index is 8.83. The Balaban J connectivity index is 2.28. The van der Waals surface area contributed by atoms with Crippen molar-refractivity contribution in [3.8, 4) is 0 Å². The number of anilines is 1. The number of nitrogens with zero attached hydrogens (tertiary/aromatic N) is 3. The van der Waals surface area contributed by atoms with E-state index in [1.54, 1.807) is 6.20 Å². The van der Waals surface area contributed by atoms with Gasteiger partial charge in [0.2, 0.25) is 0 Å². The van der Waals surface area contributed by atoms with Gasteiger partial charge in [-0.05, 0) is 31.4 Å². The maximum Gasteiger partial charge on any atom is 0.190 e. The molecule has 1 fully saturated rings. The summed E-state index contributed by atoms with van der Waals surface area (Å²) in [4.78, 5) is 6.57. The summed E-state index contributed by atoms with van der Waals surface area (Å²) in [6.45, 7) is 3.18. The molecule has 0 bridgehead atoms. The molecule has 0 amide bonds. The third kappa shape index (κ3) is 2.72. The van der Waals surface area contributed by atoms with Crippen LogP contribution in [0.4, 0.5) is 5.69 Å². The molecule has 1 aliphatic rings. The number of pyridine rings is 1. The van der Waals surface area contributed by atoms with Crippen LogP contribution in [0.3, 0.4) is 0 Å². The summed E-state index contributed by atoms with van der Waals surface area (Å²) in [5, 5.41) is 11.9. The molecule has 5 nitrogen and oxygen atoms in total. The van der Waals surface area contributed by atoms with Gasteiger partial charge in [0.1, 0.15) is 5.69 Å². The highest BCUT2D eigenvalue weighted by Gasteiger charge is 2.30. The van der Waals surface area contributed by atoms with E-state index in [9.17, 15) is 0 Å². The molecular weight excluding hydrogens is 228 g/mol. The quantitative estimate of drug-likeness (QED) is 0.349. The van der Waals surface area contributed by atoms with Gasteiger partial charge in [-0.25, -0.2) is 0 Å². The van der Waals surface area contributed by atoms with E-state index in [2.05, 4.69) is 22.0 Å². The summed E-state index contributed by atoms with van der Waals surface area (Å²) in [6, 6.07) is 4.48. The third-order valence-corrected chi connectivity index (χ3v) is 3.19. The first-order valence-electron chi connectivity index (χ1n) is 6.47. The lowest BCUT2D eigenvalue weighted by atomic mass is 10.2. The molecule has 0 aromatic carbocycles. The van der Waals surface area contributed by atoms with Crippen LogP contribution in [0.5, 0.6) is 0 Å². The summed E-state index contributed by atoms with van der Waals surface area (Å²) in [7, 11) is 0. The van der Waals surface area contributed by atoms with Gasteiger partial charge in [0, 0.05) is 18.8 Å². The number of hydrogen-bond acceptors (Lipinski definition) is 4. The lowest BCUT2D eigenvalue weighted by Crippen LogP contribution is -2.30. The van der Waals surface area contributed by atoms with Crippen molar-refractivity contribution in [1.29, 1.82) is 0 Å². The van der Waals surface area contributed by atoms with E-state index >= 15 is 0 Å². The minimum atomic E-state index is 0.0766. The molecule has 0 aliphatic heterocycles. The lowest BCUT2D eigenvalue weighted by Gasteiger charge is -2.26. The van der Waals surface area contributed by atoms with Crippen LogP contribution in [0, 0.1) is 0 Å². The number of amidine groups is 1. The first-order valence-corrected chi connectivity index (χ1v) is 6.47. The molecule has 1 aliphatic carbocycles. The number of nitrogens with two attached hydrogens (primary N) is 1. The van der Waals surface area contributed by atoms with Gasteiger partial charge in [-0.15, -0.1) is 0 Å². The second-order valence-corrected chi connectivity index (χ2v) is 4.63. The van der Waals surface area contributed by atoms with Gasteiger partial charge in [-0.2, -0.15) is 0 Å². The van der Waals surface area contributed by atoms with Crippen LogP contribution < -0.4 is 10.6 Å².